The largest absolute Gasteiger partial charge is 0.465 e. The molecule has 0 aliphatic heterocycles. The molecule has 0 saturated carbocycles. The van der Waals surface area contributed by atoms with Crippen LogP contribution in [0.15, 0.2) is 18.7 Å². The lowest BCUT2D eigenvalue weighted by Gasteiger charge is -2.21. The summed E-state index contributed by atoms with van der Waals surface area (Å²) >= 11 is 0. The van der Waals surface area contributed by atoms with Gasteiger partial charge >= 0.3 is 5.97 Å². The molecule has 0 unspecified atom stereocenters. The van der Waals surface area contributed by atoms with Gasteiger partial charge < -0.3 is 9.64 Å². The van der Waals surface area contributed by atoms with Crippen molar-refractivity contribution in [1.82, 2.24) is 19.6 Å². The fraction of sp³-hybridized carbons (Fsp3) is 0.500. The zero-order chi connectivity index (χ0) is 13.7. The van der Waals surface area contributed by atoms with Gasteiger partial charge in [-0.1, -0.05) is 6.92 Å². The van der Waals surface area contributed by atoms with Crippen molar-refractivity contribution in [3.63, 3.8) is 0 Å². The van der Waals surface area contributed by atoms with Crippen LogP contribution in [0.25, 0.3) is 5.65 Å². The maximum absolute atomic E-state index is 11.6. The predicted molar refractivity (Wildman–Crippen MR) is 69.9 cm³/mol. The third kappa shape index (κ3) is 2.98. The summed E-state index contributed by atoms with van der Waals surface area (Å²) in [6.07, 6.45) is 5.94. The molecule has 0 N–H and O–H groups in total. The molecule has 2 aromatic heterocycles. The first kappa shape index (κ1) is 13.3. The summed E-state index contributed by atoms with van der Waals surface area (Å²) in [6.45, 7) is 5.09. The zero-order valence-electron chi connectivity index (χ0n) is 11.1. The van der Waals surface area contributed by atoms with E-state index in [0.29, 0.717) is 24.6 Å². The number of carbonyl (C=O) groups is 1. The van der Waals surface area contributed by atoms with Gasteiger partial charge in [0.05, 0.1) is 6.61 Å². The van der Waals surface area contributed by atoms with E-state index in [1.807, 2.05) is 11.8 Å². The lowest BCUT2D eigenvalue weighted by atomic mass is 10.4. The van der Waals surface area contributed by atoms with Gasteiger partial charge in [0.15, 0.2) is 5.82 Å². The molecule has 0 fully saturated rings. The Kier molecular flexibility index (Phi) is 4.27. The Morgan fingerprint density at radius 2 is 2.32 bits per heavy atom. The Hall–Kier alpha value is -2.18. The van der Waals surface area contributed by atoms with Crippen molar-refractivity contribution in [3.8, 4) is 0 Å². The molecule has 0 bridgehead atoms. The summed E-state index contributed by atoms with van der Waals surface area (Å²) in [5.41, 5.74) is 0.639. The summed E-state index contributed by atoms with van der Waals surface area (Å²) in [5.74, 6) is 0.383. The van der Waals surface area contributed by atoms with Crippen LogP contribution in [0.4, 0.5) is 5.82 Å². The minimum absolute atomic E-state index is 0.168. The lowest BCUT2D eigenvalue weighted by Crippen LogP contribution is -2.32. The highest BCUT2D eigenvalue weighted by atomic mass is 16.5. The van der Waals surface area contributed by atoms with Crippen LogP contribution in [-0.2, 0) is 9.53 Å². The molecule has 0 aliphatic rings. The van der Waals surface area contributed by atoms with Crippen molar-refractivity contribution in [2.45, 2.75) is 20.3 Å². The highest BCUT2D eigenvalue weighted by Crippen LogP contribution is 2.16. The summed E-state index contributed by atoms with van der Waals surface area (Å²) < 4.78 is 6.76. The Morgan fingerprint density at radius 1 is 1.47 bits per heavy atom. The van der Waals surface area contributed by atoms with E-state index >= 15 is 0 Å². The first-order valence-corrected chi connectivity index (χ1v) is 6.31. The van der Waals surface area contributed by atoms with Gasteiger partial charge in [0, 0.05) is 18.9 Å². The topological polar surface area (TPSA) is 72.6 Å². The molecular weight excluding hydrogens is 246 g/mol. The molecule has 0 amide bonds. The van der Waals surface area contributed by atoms with Crippen molar-refractivity contribution >= 4 is 17.4 Å². The lowest BCUT2D eigenvalue weighted by molar-refractivity contribution is -0.141. The van der Waals surface area contributed by atoms with Gasteiger partial charge in [-0.3, -0.25) is 9.20 Å². The maximum atomic E-state index is 11.6. The molecule has 19 heavy (non-hydrogen) atoms. The maximum Gasteiger partial charge on any atom is 0.325 e. The second-order valence-corrected chi connectivity index (χ2v) is 4.04. The molecular formula is C12H17N5O2. The number of hydrogen-bond donors (Lipinski definition) is 0. The second-order valence-electron chi connectivity index (χ2n) is 4.04. The van der Waals surface area contributed by atoms with Gasteiger partial charge in [0.25, 0.3) is 0 Å². The van der Waals surface area contributed by atoms with Crippen molar-refractivity contribution in [2.75, 3.05) is 24.6 Å². The van der Waals surface area contributed by atoms with Crippen LogP contribution in [0.2, 0.25) is 0 Å². The number of fused-ring (bicyclic) bond motifs is 1. The molecule has 0 aromatic carbocycles. The quantitative estimate of drug-likeness (QED) is 0.721. The van der Waals surface area contributed by atoms with Gasteiger partial charge in [-0.25, -0.2) is 4.98 Å². The Bertz CT molecular complexity index is 554. The molecule has 0 atom stereocenters. The molecule has 0 radical (unpaired) electrons. The SMILES string of the molecule is CCCN(CC(=O)OCC)c1nccn2cnnc12. The van der Waals surface area contributed by atoms with Crippen molar-refractivity contribution in [2.24, 2.45) is 0 Å². The number of hydrogen-bond acceptors (Lipinski definition) is 6. The fourth-order valence-corrected chi connectivity index (χ4v) is 1.86. The molecule has 7 nitrogen and oxygen atoms in total. The van der Waals surface area contributed by atoms with E-state index in [2.05, 4.69) is 15.2 Å². The van der Waals surface area contributed by atoms with E-state index in [0.717, 1.165) is 6.42 Å². The number of ether oxygens (including phenoxy) is 1. The van der Waals surface area contributed by atoms with Crippen molar-refractivity contribution in [1.29, 1.82) is 0 Å². The van der Waals surface area contributed by atoms with Gasteiger partial charge in [-0.05, 0) is 13.3 Å². The highest BCUT2D eigenvalue weighted by Gasteiger charge is 2.16. The highest BCUT2D eigenvalue weighted by molar-refractivity contribution is 5.77. The fourth-order valence-electron chi connectivity index (χ4n) is 1.86. The molecule has 0 spiro atoms. The molecule has 2 rings (SSSR count). The van der Waals surface area contributed by atoms with Crippen molar-refractivity contribution in [3.05, 3.63) is 18.7 Å². The first-order valence-electron chi connectivity index (χ1n) is 6.31. The van der Waals surface area contributed by atoms with Gasteiger partial charge in [0.2, 0.25) is 5.65 Å². The number of esters is 1. The smallest absolute Gasteiger partial charge is 0.325 e. The first-order chi connectivity index (χ1) is 9.26. The van der Waals surface area contributed by atoms with E-state index in [9.17, 15) is 4.79 Å². The number of anilines is 1. The van der Waals surface area contributed by atoms with E-state index in [4.69, 9.17) is 4.74 Å². The van der Waals surface area contributed by atoms with Crippen LogP contribution in [0, 0.1) is 0 Å². The summed E-state index contributed by atoms with van der Waals surface area (Å²) in [4.78, 5) is 17.8. The second kappa shape index (κ2) is 6.12. The van der Waals surface area contributed by atoms with Gasteiger partial charge in [-0.15, -0.1) is 10.2 Å². The number of carbonyl (C=O) groups excluding carboxylic acids is 1. The molecule has 102 valence electrons. The number of aromatic nitrogens is 4. The molecule has 2 heterocycles. The molecule has 2 aromatic rings. The van der Waals surface area contributed by atoms with Crippen molar-refractivity contribution < 1.29 is 9.53 Å². The third-order valence-corrected chi connectivity index (χ3v) is 2.62. The standard InChI is InChI=1S/C12H17N5O2/c1-3-6-16(8-10(18)19-4-2)11-12-15-14-9-17(12)7-5-13-11/h5,7,9H,3-4,6,8H2,1-2H3. The zero-order valence-corrected chi connectivity index (χ0v) is 11.1. The minimum atomic E-state index is -0.265. The Labute approximate surface area is 111 Å². The Balaban J connectivity index is 2.27. The summed E-state index contributed by atoms with van der Waals surface area (Å²) in [7, 11) is 0. The van der Waals surface area contributed by atoms with E-state index < -0.39 is 0 Å². The summed E-state index contributed by atoms with van der Waals surface area (Å²) in [6, 6.07) is 0. The number of rotatable bonds is 6. The average Bonchev–Trinajstić information content (AvgIpc) is 2.86. The third-order valence-electron chi connectivity index (χ3n) is 2.62. The molecule has 0 aliphatic carbocycles. The normalized spacial score (nSPS) is 10.6. The van der Waals surface area contributed by atoms with E-state index in [1.165, 1.54) is 0 Å². The van der Waals surface area contributed by atoms with Crippen LogP contribution in [0.3, 0.4) is 0 Å². The van der Waals surface area contributed by atoms with Crippen LogP contribution in [0.5, 0.6) is 0 Å². The monoisotopic (exact) mass is 263 g/mol. The minimum Gasteiger partial charge on any atom is -0.465 e. The number of nitrogens with zero attached hydrogens (tertiary/aromatic N) is 5. The van der Waals surface area contributed by atoms with E-state index in [-0.39, 0.29) is 12.5 Å². The van der Waals surface area contributed by atoms with Gasteiger partial charge in [0.1, 0.15) is 12.9 Å². The average molecular weight is 263 g/mol. The molecule has 0 saturated heterocycles. The Morgan fingerprint density at radius 3 is 3.05 bits per heavy atom. The van der Waals surface area contributed by atoms with Crippen LogP contribution in [-0.4, -0.2) is 45.2 Å². The summed E-state index contributed by atoms with van der Waals surface area (Å²) in [5, 5.41) is 7.88. The van der Waals surface area contributed by atoms with E-state index in [1.54, 1.807) is 30.0 Å². The van der Waals surface area contributed by atoms with Crippen LogP contribution < -0.4 is 4.90 Å². The van der Waals surface area contributed by atoms with Crippen LogP contribution >= 0.6 is 0 Å². The van der Waals surface area contributed by atoms with Crippen LogP contribution in [0.1, 0.15) is 20.3 Å². The molecule has 7 heteroatoms. The van der Waals surface area contributed by atoms with Gasteiger partial charge in [-0.2, -0.15) is 0 Å². The predicted octanol–water partition coefficient (Wildman–Crippen LogP) is 0.904.